The Hall–Kier alpha value is -5.02. The van der Waals surface area contributed by atoms with E-state index in [0.717, 1.165) is 18.6 Å². The Labute approximate surface area is 320 Å². The highest BCUT2D eigenvalue weighted by atomic mass is 16.5. The van der Waals surface area contributed by atoms with Crippen molar-refractivity contribution in [2.45, 2.75) is 101 Å². The van der Waals surface area contributed by atoms with Gasteiger partial charge in [0.25, 0.3) is 0 Å². The third kappa shape index (κ3) is 4.79. The molecule has 2 heterocycles. The summed E-state index contributed by atoms with van der Waals surface area (Å²) >= 11 is 0. The lowest BCUT2D eigenvalue weighted by Gasteiger charge is -2.39. The van der Waals surface area contributed by atoms with Crippen molar-refractivity contribution in [1.29, 1.82) is 0 Å². The first kappa shape index (κ1) is 32.4. The van der Waals surface area contributed by atoms with Gasteiger partial charge in [0.15, 0.2) is 0 Å². The van der Waals surface area contributed by atoms with E-state index in [1.807, 2.05) is 0 Å². The second kappa shape index (κ2) is 12.2. The molecular weight excluding hydrogens is 657 g/mol. The highest BCUT2D eigenvalue weighted by molar-refractivity contribution is 5.88. The number of hydrogen-bond acceptors (Lipinski definition) is 3. The molecule has 0 radical (unpaired) electrons. The lowest BCUT2D eigenvalue weighted by atomic mass is 9.70. The molecule has 11 rings (SSSR count). The van der Waals surface area contributed by atoms with E-state index in [4.69, 9.17) is 4.74 Å². The Balaban J connectivity index is 1.08. The van der Waals surface area contributed by atoms with Gasteiger partial charge in [0, 0.05) is 46.2 Å². The number of aryl methyl sites for hydroxylation is 1. The maximum absolute atomic E-state index is 7.29. The van der Waals surface area contributed by atoms with Crippen LogP contribution < -0.4 is 14.5 Å². The zero-order valence-corrected chi connectivity index (χ0v) is 31.8. The predicted molar refractivity (Wildman–Crippen MR) is 223 cm³/mol. The van der Waals surface area contributed by atoms with E-state index < -0.39 is 0 Å². The van der Waals surface area contributed by atoms with Crippen molar-refractivity contribution in [3.8, 4) is 5.75 Å². The van der Waals surface area contributed by atoms with E-state index in [2.05, 4.69) is 164 Å². The molecule has 0 saturated heterocycles. The molecular formula is C51H50N2O. The van der Waals surface area contributed by atoms with Crippen LogP contribution in [-0.4, -0.2) is 18.2 Å². The summed E-state index contributed by atoms with van der Waals surface area (Å²) in [6, 6.07) is 51.7. The average Bonchev–Trinajstić information content (AvgIpc) is 3.77. The van der Waals surface area contributed by atoms with E-state index in [1.54, 1.807) is 0 Å². The molecule has 0 aromatic heterocycles. The van der Waals surface area contributed by atoms with E-state index in [9.17, 15) is 0 Å². The van der Waals surface area contributed by atoms with E-state index in [-0.39, 0.29) is 23.5 Å². The van der Waals surface area contributed by atoms with Crippen LogP contribution >= 0.6 is 0 Å². The minimum Gasteiger partial charge on any atom is -0.487 e. The van der Waals surface area contributed by atoms with Gasteiger partial charge >= 0.3 is 0 Å². The highest BCUT2D eigenvalue weighted by Crippen LogP contribution is 2.63. The quantitative estimate of drug-likeness (QED) is 0.181. The van der Waals surface area contributed by atoms with Crippen LogP contribution in [0.2, 0.25) is 0 Å². The minimum atomic E-state index is 0.0214. The Kier molecular flexibility index (Phi) is 7.35. The molecule has 6 aromatic rings. The van der Waals surface area contributed by atoms with Crippen molar-refractivity contribution in [2.24, 2.45) is 5.92 Å². The SMILES string of the molecule is Cc1ccc(N(c2ccc3c(c2)N(c2ccc4ccccc4c2)C2CCCCC32)C2CCC3C(c4ccccc4C3(C)C)C3c4ccccc4OC32)cc1. The van der Waals surface area contributed by atoms with Crippen LogP contribution in [0.3, 0.4) is 0 Å². The maximum atomic E-state index is 7.29. The highest BCUT2D eigenvalue weighted by Gasteiger charge is 2.57. The number of hydrogen-bond donors (Lipinski definition) is 0. The molecule has 270 valence electrons. The molecule has 2 saturated carbocycles. The molecule has 7 unspecified atom stereocenters. The first-order chi connectivity index (χ1) is 26.5. The number of benzene rings is 6. The van der Waals surface area contributed by atoms with E-state index in [0.29, 0.717) is 23.8 Å². The summed E-state index contributed by atoms with van der Waals surface area (Å²) in [6.07, 6.45) is 7.37. The molecule has 3 heteroatoms. The van der Waals surface area contributed by atoms with Crippen molar-refractivity contribution >= 4 is 33.5 Å². The molecule has 54 heavy (non-hydrogen) atoms. The van der Waals surface area contributed by atoms with Gasteiger partial charge in [0.1, 0.15) is 11.9 Å². The molecule has 7 atom stereocenters. The molecule has 0 bridgehead atoms. The number of para-hydroxylation sites is 1. The first-order valence-corrected chi connectivity index (χ1v) is 20.6. The molecule has 2 fully saturated rings. The third-order valence-corrected chi connectivity index (χ3v) is 14.5. The lowest BCUT2D eigenvalue weighted by Crippen LogP contribution is -2.45. The maximum Gasteiger partial charge on any atom is 0.127 e. The van der Waals surface area contributed by atoms with Gasteiger partial charge in [-0.1, -0.05) is 123 Å². The van der Waals surface area contributed by atoms with Crippen LogP contribution in [0.15, 0.2) is 133 Å². The number of fused-ring (bicyclic) bond motifs is 11. The van der Waals surface area contributed by atoms with Gasteiger partial charge in [-0.2, -0.15) is 0 Å². The summed E-state index contributed by atoms with van der Waals surface area (Å²) in [5, 5.41) is 2.61. The molecule has 3 nitrogen and oxygen atoms in total. The Morgan fingerprint density at radius 1 is 0.630 bits per heavy atom. The Morgan fingerprint density at radius 3 is 2.24 bits per heavy atom. The van der Waals surface area contributed by atoms with Gasteiger partial charge in [-0.25, -0.2) is 0 Å². The lowest BCUT2D eigenvalue weighted by molar-refractivity contribution is 0.163. The fraction of sp³-hybridized carbons (Fsp3) is 0.333. The predicted octanol–water partition coefficient (Wildman–Crippen LogP) is 12.9. The summed E-state index contributed by atoms with van der Waals surface area (Å²) in [4.78, 5) is 5.42. The van der Waals surface area contributed by atoms with Crippen LogP contribution in [0.4, 0.5) is 22.7 Å². The van der Waals surface area contributed by atoms with Crippen molar-refractivity contribution in [1.82, 2.24) is 0 Å². The van der Waals surface area contributed by atoms with Crippen LogP contribution in [0.1, 0.15) is 97.9 Å². The standard InChI is InChI=1S/C51H50N2O/c1-32-20-23-35(24-21-32)52(37-26-27-39-38-14-7-10-18-44(38)53(46(39)31-37)36-25-22-33-12-4-5-13-34(33)30-36)45-29-28-43-48(40-15-6-9-17-42(40)51(43,2)3)49-41-16-8-11-19-47(41)54-50(45)49/h4-6,8-9,11-13,15-17,19-27,30-31,38,43-45,48-50H,7,10,14,18,28-29H2,1-3H3. The van der Waals surface area contributed by atoms with Crippen molar-refractivity contribution in [3.05, 3.63) is 161 Å². The van der Waals surface area contributed by atoms with Gasteiger partial charge in [0.2, 0.25) is 0 Å². The zero-order chi connectivity index (χ0) is 36.1. The first-order valence-electron chi connectivity index (χ1n) is 20.6. The Bertz CT molecular complexity index is 2390. The van der Waals surface area contributed by atoms with Crippen molar-refractivity contribution < 1.29 is 4.74 Å². The van der Waals surface area contributed by atoms with E-state index in [1.165, 1.54) is 87.0 Å². The summed E-state index contributed by atoms with van der Waals surface area (Å²) in [5.74, 6) is 2.87. The van der Waals surface area contributed by atoms with Gasteiger partial charge in [-0.15, -0.1) is 0 Å². The summed E-state index contributed by atoms with van der Waals surface area (Å²) in [7, 11) is 0. The monoisotopic (exact) mass is 706 g/mol. The third-order valence-electron chi connectivity index (χ3n) is 14.5. The normalized spacial score (nSPS) is 27.2. The van der Waals surface area contributed by atoms with Gasteiger partial charge in [-0.05, 0) is 120 Å². The second-order valence-electron chi connectivity index (χ2n) is 17.5. The van der Waals surface area contributed by atoms with Crippen LogP contribution in [0, 0.1) is 12.8 Å². The molecule has 3 aliphatic carbocycles. The molecule has 6 aromatic carbocycles. The number of rotatable bonds is 4. The molecule has 0 amide bonds. The molecule has 2 aliphatic heterocycles. The second-order valence-corrected chi connectivity index (χ2v) is 17.5. The Morgan fingerprint density at radius 2 is 1.37 bits per heavy atom. The largest absolute Gasteiger partial charge is 0.487 e. The number of anilines is 4. The zero-order valence-electron chi connectivity index (χ0n) is 31.8. The smallest absolute Gasteiger partial charge is 0.127 e. The summed E-state index contributed by atoms with van der Waals surface area (Å²) in [5.41, 5.74) is 12.6. The fourth-order valence-electron chi connectivity index (χ4n) is 12.1. The number of nitrogens with zero attached hydrogens (tertiary/aromatic N) is 2. The van der Waals surface area contributed by atoms with Gasteiger partial charge in [-0.3, -0.25) is 0 Å². The summed E-state index contributed by atoms with van der Waals surface area (Å²) in [6.45, 7) is 7.21. The van der Waals surface area contributed by atoms with Crippen LogP contribution in [0.25, 0.3) is 10.8 Å². The van der Waals surface area contributed by atoms with Gasteiger partial charge < -0.3 is 14.5 Å². The summed E-state index contributed by atoms with van der Waals surface area (Å²) < 4.78 is 7.29. The molecule has 0 N–H and O–H groups in total. The van der Waals surface area contributed by atoms with Gasteiger partial charge in [0.05, 0.1) is 6.04 Å². The molecule has 5 aliphatic rings. The van der Waals surface area contributed by atoms with Crippen LogP contribution in [0.5, 0.6) is 5.75 Å². The van der Waals surface area contributed by atoms with E-state index >= 15 is 0 Å². The minimum absolute atomic E-state index is 0.0214. The van der Waals surface area contributed by atoms with Crippen molar-refractivity contribution in [3.63, 3.8) is 0 Å². The molecule has 0 spiro atoms. The van der Waals surface area contributed by atoms with Crippen molar-refractivity contribution in [2.75, 3.05) is 9.80 Å². The van der Waals surface area contributed by atoms with Crippen LogP contribution in [-0.2, 0) is 5.41 Å². The fourth-order valence-corrected chi connectivity index (χ4v) is 12.1. The topological polar surface area (TPSA) is 15.7 Å². The number of ether oxygens (including phenoxy) is 1. The average molecular weight is 707 g/mol.